The predicted octanol–water partition coefficient (Wildman–Crippen LogP) is 3.35. The minimum Gasteiger partial charge on any atom is -0.375 e. The van der Waals surface area contributed by atoms with Gasteiger partial charge in [0.1, 0.15) is 0 Å². The summed E-state index contributed by atoms with van der Waals surface area (Å²) >= 11 is 6.52. The molecular weight excluding hydrogens is 254 g/mol. The van der Waals surface area contributed by atoms with Crippen LogP contribution in [0.15, 0.2) is 0 Å². The highest BCUT2D eigenvalue weighted by Crippen LogP contribution is 2.32. The van der Waals surface area contributed by atoms with Crippen LogP contribution in [0.4, 0.5) is 5.13 Å². The van der Waals surface area contributed by atoms with E-state index >= 15 is 0 Å². The fourth-order valence-electron chi connectivity index (χ4n) is 2.36. The molecule has 1 fully saturated rings. The van der Waals surface area contributed by atoms with Crippen LogP contribution in [0.1, 0.15) is 39.5 Å². The molecule has 17 heavy (non-hydrogen) atoms. The van der Waals surface area contributed by atoms with Crippen molar-refractivity contribution in [3.8, 4) is 0 Å². The molecule has 0 saturated carbocycles. The maximum absolute atomic E-state index is 5.95. The van der Waals surface area contributed by atoms with E-state index in [1.165, 1.54) is 11.3 Å². The molecule has 96 valence electrons. The van der Waals surface area contributed by atoms with Gasteiger partial charge in [0, 0.05) is 12.6 Å². The number of hydrogen-bond donors (Lipinski definition) is 2. The number of nitrogens with zero attached hydrogens (tertiary/aromatic N) is 1. The number of anilines is 1. The average Bonchev–Trinajstić information content (AvgIpc) is 2.75. The van der Waals surface area contributed by atoms with Crippen molar-refractivity contribution in [3.05, 3.63) is 3.95 Å². The van der Waals surface area contributed by atoms with Crippen LogP contribution in [-0.2, 0) is 4.74 Å². The highest BCUT2D eigenvalue weighted by molar-refractivity contribution is 7.73. The summed E-state index contributed by atoms with van der Waals surface area (Å²) in [5.41, 5.74) is 0.0493. The molecule has 0 spiro atoms. The van der Waals surface area contributed by atoms with Gasteiger partial charge in [-0.15, -0.1) is 5.10 Å². The van der Waals surface area contributed by atoms with E-state index in [-0.39, 0.29) is 5.60 Å². The SMILES string of the molecule is CCC1(CC)CC(Nc2n[nH]c(=S)s2)CCO1. The van der Waals surface area contributed by atoms with Crippen molar-refractivity contribution in [1.82, 2.24) is 10.2 Å². The van der Waals surface area contributed by atoms with E-state index in [2.05, 4.69) is 29.4 Å². The maximum atomic E-state index is 5.95. The molecule has 1 aromatic rings. The third kappa shape index (κ3) is 3.05. The highest BCUT2D eigenvalue weighted by atomic mass is 32.1. The van der Waals surface area contributed by atoms with Crippen LogP contribution in [0.3, 0.4) is 0 Å². The van der Waals surface area contributed by atoms with Crippen LogP contribution in [0, 0.1) is 3.95 Å². The zero-order valence-electron chi connectivity index (χ0n) is 10.3. The molecule has 0 aliphatic carbocycles. The van der Waals surface area contributed by atoms with Gasteiger partial charge in [-0.2, -0.15) is 0 Å². The Balaban J connectivity index is 2.00. The molecule has 0 radical (unpaired) electrons. The molecule has 2 N–H and O–H groups in total. The summed E-state index contributed by atoms with van der Waals surface area (Å²) in [7, 11) is 0. The van der Waals surface area contributed by atoms with Crippen molar-refractivity contribution >= 4 is 28.7 Å². The Kier molecular flexibility index (Phi) is 4.17. The molecule has 6 heteroatoms. The van der Waals surface area contributed by atoms with E-state index < -0.39 is 0 Å². The van der Waals surface area contributed by atoms with E-state index in [1.807, 2.05) is 0 Å². The summed E-state index contributed by atoms with van der Waals surface area (Å²) in [4.78, 5) is 0. The first kappa shape index (κ1) is 13.0. The van der Waals surface area contributed by atoms with Crippen LogP contribution < -0.4 is 5.32 Å². The molecule has 4 nitrogen and oxygen atoms in total. The summed E-state index contributed by atoms with van der Waals surface area (Å²) in [5, 5.41) is 11.3. The Labute approximate surface area is 111 Å². The van der Waals surface area contributed by atoms with E-state index in [1.54, 1.807) is 0 Å². The molecule has 1 aromatic heterocycles. The zero-order chi connectivity index (χ0) is 12.3. The lowest BCUT2D eigenvalue weighted by atomic mass is 9.86. The molecule has 1 aliphatic heterocycles. The van der Waals surface area contributed by atoms with Crippen LogP contribution in [0.25, 0.3) is 0 Å². The number of hydrogen-bond acceptors (Lipinski definition) is 5. The van der Waals surface area contributed by atoms with E-state index in [4.69, 9.17) is 17.0 Å². The largest absolute Gasteiger partial charge is 0.375 e. The number of ether oxygens (including phenoxy) is 1. The van der Waals surface area contributed by atoms with E-state index in [0.29, 0.717) is 6.04 Å². The number of aromatic nitrogens is 2. The zero-order valence-corrected chi connectivity index (χ0v) is 11.9. The molecule has 0 bridgehead atoms. The third-order valence-electron chi connectivity index (χ3n) is 3.55. The smallest absolute Gasteiger partial charge is 0.204 e. The lowest BCUT2D eigenvalue weighted by Gasteiger charge is -2.40. The Hall–Kier alpha value is -0.460. The van der Waals surface area contributed by atoms with Gasteiger partial charge in [0.2, 0.25) is 5.13 Å². The number of aromatic amines is 1. The first-order valence-corrected chi connectivity index (χ1v) is 7.36. The van der Waals surface area contributed by atoms with Crippen molar-refractivity contribution < 1.29 is 4.74 Å². The normalized spacial score (nSPS) is 23.5. The Morgan fingerprint density at radius 3 is 2.94 bits per heavy atom. The number of H-pyrrole nitrogens is 1. The fourth-order valence-corrected chi connectivity index (χ4v) is 3.23. The van der Waals surface area contributed by atoms with Crippen LogP contribution in [-0.4, -0.2) is 28.4 Å². The second-order valence-corrected chi connectivity index (χ2v) is 6.16. The van der Waals surface area contributed by atoms with Crippen molar-refractivity contribution in [2.75, 3.05) is 11.9 Å². The Morgan fingerprint density at radius 2 is 2.35 bits per heavy atom. The molecule has 2 rings (SSSR count). The van der Waals surface area contributed by atoms with Crippen LogP contribution >= 0.6 is 23.6 Å². The van der Waals surface area contributed by atoms with Gasteiger partial charge >= 0.3 is 0 Å². The predicted molar refractivity (Wildman–Crippen MR) is 73.2 cm³/mol. The second-order valence-electron chi connectivity index (χ2n) is 4.49. The monoisotopic (exact) mass is 273 g/mol. The van der Waals surface area contributed by atoms with Gasteiger partial charge in [-0.05, 0) is 37.9 Å². The minimum atomic E-state index is 0.0493. The molecule has 0 aromatic carbocycles. The minimum absolute atomic E-state index is 0.0493. The van der Waals surface area contributed by atoms with Gasteiger partial charge in [0.05, 0.1) is 5.60 Å². The van der Waals surface area contributed by atoms with Crippen molar-refractivity contribution in [2.45, 2.75) is 51.2 Å². The highest BCUT2D eigenvalue weighted by Gasteiger charge is 2.34. The summed E-state index contributed by atoms with van der Waals surface area (Å²) in [6, 6.07) is 0.442. The first-order valence-electron chi connectivity index (χ1n) is 6.13. The van der Waals surface area contributed by atoms with Crippen molar-refractivity contribution in [1.29, 1.82) is 0 Å². The molecular formula is C11H19N3OS2. The summed E-state index contributed by atoms with van der Waals surface area (Å²) < 4.78 is 6.67. The summed E-state index contributed by atoms with van der Waals surface area (Å²) in [6.07, 6.45) is 4.22. The van der Waals surface area contributed by atoms with Crippen LogP contribution in [0.5, 0.6) is 0 Å². The van der Waals surface area contributed by atoms with Gasteiger partial charge in [0.25, 0.3) is 0 Å². The molecule has 0 amide bonds. The van der Waals surface area contributed by atoms with Crippen molar-refractivity contribution in [3.63, 3.8) is 0 Å². The topological polar surface area (TPSA) is 49.9 Å². The summed E-state index contributed by atoms with van der Waals surface area (Å²) in [6.45, 7) is 5.23. The molecule has 1 aliphatic rings. The van der Waals surface area contributed by atoms with Crippen molar-refractivity contribution in [2.24, 2.45) is 0 Å². The Bertz CT molecular complexity index is 411. The van der Waals surface area contributed by atoms with Crippen LogP contribution in [0.2, 0.25) is 0 Å². The van der Waals surface area contributed by atoms with E-state index in [9.17, 15) is 0 Å². The standard InChI is InChI=1S/C11H19N3OS2/c1-3-11(4-2)7-8(5-6-15-11)12-9-13-14-10(16)17-9/h8H,3-7H2,1-2H3,(H,12,13)(H,14,16). The molecule has 1 unspecified atom stereocenters. The van der Waals surface area contributed by atoms with Gasteiger partial charge in [0.15, 0.2) is 3.95 Å². The molecule has 1 saturated heterocycles. The quantitative estimate of drug-likeness (QED) is 0.826. The summed E-state index contributed by atoms with van der Waals surface area (Å²) in [5.74, 6) is 0. The van der Waals surface area contributed by atoms with Gasteiger partial charge in [-0.25, -0.2) is 0 Å². The number of rotatable bonds is 4. The maximum Gasteiger partial charge on any atom is 0.204 e. The van der Waals surface area contributed by atoms with Gasteiger partial charge in [-0.1, -0.05) is 25.2 Å². The fraction of sp³-hybridized carbons (Fsp3) is 0.818. The molecule has 2 heterocycles. The third-order valence-corrected chi connectivity index (χ3v) is 4.57. The first-order chi connectivity index (χ1) is 8.17. The lowest BCUT2D eigenvalue weighted by Crippen LogP contribution is -2.43. The van der Waals surface area contributed by atoms with E-state index in [0.717, 1.165) is 41.4 Å². The number of nitrogens with one attached hydrogen (secondary N) is 2. The lowest BCUT2D eigenvalue weighted by molar-refractivity contribution is -0.0864. The molecule has 1 atom stereocenters. The second kappa shape index (κ2) is 5.46. The van der Waals surface area contributed by atoms with Gasteiger partial charge in [-0.3, -0.25) is 5.10 Å². The average molecular weight is 273 g/mol. The Morgan fingerprint density at radius 1 is 1.59 bits per heavy atom. The van der Waals surface area contributed by atoms with Gasteiger partial charge < -0.3 is 10.1 Å².